The van der Waals surface area contributed by atoms with E-state index in [0.717, 1.165) is 47.5 Å². The van der Waals surface area contributed by atoms with E-state index < -0.39 is 0 Å². The van der Waals surface area contributed by atoms with Crippen molar-refractivity contribution in [2.24, 2.45) is 0 Å². The lowest BCUT2D eigenvalue weighted by molar-refractivity contribution is 0.252. The Morgan fingerprint density at radius 1 is 1.28 bits per heavy atom. The molecule has 7 nitrogen and oxygen atoms in total. The summed E-state index contributed by atoms with van der Waals surface area (Å²) in [7, 11) is 0. The Morgan fingerprint density at radius 2 is 2.16 bits per heavy atom. The average molecular weight is 338 g/mol. The maximum absolute atomic E-state index is 12.1. The van der Waals surface area contributed by atoms with Gasteiger partial charge in [0, 0.05) is 37.3 Å². The van der Waals surface area contributed by atoms with Gasteiger partial charge in [0.1, 0.15) is 5.82 Å². The average Bonchev–Trinajstić information content (AvgIpc) is 3.07. The maximum Gasteiger partial charge on any atom is 0.319 e. The summed E-state index contributed by atoms with van der Waals surface area (Å²) in [5.41, 5.74) is 2.31. The molecule has 0 aliphatic heterocycles. The Labute approximate surface area is 146 Å². The van der Waals surface area contributed by atoms with Crippen LogP contribution in [0, 0.1) is 6.92 Å². The molecule has 7 heteroatoms. The molecular formula is C18H22N6O. The Morgan fingerprint density at radius 3 is 3.00 bits per heavy atom. The second-order valence-corrected chi connectivity index (χ2v) is 5.85. The summed E-state index contributed by atoms with van der Waals surface area (Å²) in [4.78, 5) is 16.4. The molecule has 0 fully saturated rings. The molecule has 0 saturated carbocycles. The van der Waals surface area contributed by atoms with Gasteiger partial charge in [-0.25, -0.2) is 9.78 Å². The minimum absolute atomic E-state index is 0.219. The van der Waals surface area contributed by atoms with Crippen LogP contribution in [0.4, 0.5) is 10.5 Å². The summed E-state index contributed by atoms with van der Waals surface area (Å²) in [6.45, 7) is 5.40. The first-order valence-electron chi connectivity index (χ1n) is 8.45. The number of carbonyl (C=O) groups is 1. The van der Waals surface area contributed by atoms with Crippen LogP contribution >= 0.6 is 0 Å². The summed E-state index contributed by atoms with van der Waals surface area (Å²) in [5.74, 6) is 1.07. The molecule has 2 amide bonds. The van der Waals surface area contributed by atoms with Gasteiger partial charge in [0.25, 0.3) is 0 Å². The number of benzene rings is 1. The van der Waals surface area contributed by atoms with Crippen molar-refractivity contribution in [2.45, 2.75) is 33.2 Å². The minimum atomic E-state index is -0.219. The SMILES string of the molecule is CCc1nccn1CCCNC(=O)Nc1cccc2nnc(C)cc12. The summed E-state index contributed by atoms with van der Waals surface area (Å²) in [6.07, 6.45) is 5.53. The smallest absolute Gasteiger partial charge is 0.319 e. The summed E-state index contributed by atoms with van der Waals surface area (Å²) >= 11 is 0. The van der Waals surface area contributed by atoms with Crippen LogP contribution < -0.4 is 10.6 Å². The fourth-order valence-corrected chi connectivity index (χ4v) is 2.75. The van der Waals surface area contributed by atoms with Crippen molar-refractivity contribution < 1.29 is 4.79 Å². The highest BCUT2D eigenvalue weighted by Gasteiger charge is 2.07. The first kappa shape index (κ1) is 16.9. The molecule has 0 spiro atoms. The molecule has 0 aliphatic carbocycles. The van der Waals surface area contributed by atoms with Crippen molar-refractivity contribution in [3.05, 3.63) is 48.2 Å². The number of amides is 2. The number of anilines is 1. The number of aryl methyl sites for hydroxylation is 3. The van der Waals surface area contributed by atoms with Crippen molar-refractivity contribution in [3.8, 4) is 0 Å². The third-order valence-electron chi connectivity index (χ3n) is 3.98. The topological polar surface area (TPSA) is 84.7 Å². The second kappa shape index (κ2) is 7.74. The van der Waals surface area contributed by atoms with Crippen LogP contribution in [-0.2, 0) is 13.0 Å². The van der Waals surface area contributed by atoms with Gasteiger partial charge in [-0.05, 0) is 31.5 Å². The zero-order valence-corrected chi connectivity index (χ0v) is 14.5. The fraction of sp³-hybridized carbons (Fsp3) is 0.333. The van der Waals surface area contributed by atoms with Crippen LogP contribution in [0.3, 0.4) is 0 Å². The van der Waals surface area contributed by atoms with Gasteiger partial charge in [0.2, 0.25) is 0 Å². The first-order valence-corrected chi connectivity index (χ1v) is 8.45. The van der Waals surface area contributed by atoms with E-state index in [1.807, 2.05) is 43.6 Å². The molecule has 0 atom stereocenters. The third-order valence-corrected chi connectivity index (χ3v) is 3.98. The first-order chi connectivity index (χ1) is 12.2. The van der Waals surface area contributed by atoms with E-state index in [-0.39, 0.29) is 6.03 Å². The molecule has 130 valence electrons. The zero-order valence-electron chi connectivity index (χ0n) is 14.5. The molecule has 25 heavy (non-hydrogen) atoms. The van der Waals surface area contributed by atoms with Gasteiger partial charge >= 0.3 is 6.03 Å². The molecule has 1 aromatic carbocycles. The highest BCUT2D eigenvalue weighted by Crippen LogP contribution is 2.21. The van der Waals surface area contributed by atoms with Crippen molar-refractivity contribution in [1.82, 2.24) is 25.1 Å². The van der Waals surface area contributed by atoms with E-state index in [2.05, 4.69) is 37.3 Å². The number of rotatable bonds is 6. The standard InChI is InChI=1S/C18H22N6O/c1-3-17-19-9-11-24(17)10-5-8-20-18(25)21-15-6-4-7-16-14(15)12-13(2)22-23-16/h4,6-7,9,11-12H,3,5,8,10H2,1-2H3,(H2,20,21,25). The number of urea groups is 1. The number of hydrogen-bond donors (Lipinski definition) is 2. The Balaban J connectivity index is 1.54. The predicted molar refractivity (Wildman–Crippen MR) is 97.5 cm³/mol. The molecule has 0 saturated heterocycles. The van der Waals surface area contributed by atoms with Gasteiger partial charge in [-0.15, -0.1) is 0 Å². The van der Waals surface area contributed by atoms with Gasteiger partial charge < -0.3 is 15.2 Å². The third kappa shape index (κ3) is 4.12. The van der Waals surface area contributed by atoms with E-state index in [4.69, 9.17) is 0 Å². The maximum atomic E-state index is 12.1. The molecule has 3 aromatic rings. The van der Waals surface area contributed by atoms with E-state index in [0.29, 0.717) is 6.54 Å². The highest BCUT2D eigenvalue weighted by atomic mass is 16.2. The van der Waals surface area contributed by atoms with Crippen molar-refractivity contribution in [3.63, 3.8) is 0 Å². The normalized spacial score (nSPS) is 10.8. The molecule has 0 unspecified atom stereocenters. The molecule has 3 rings (SSSR count). The van der Waals surface area contributed by atoms with Crippen molar-refractivity contribution in [2.75, 3.05) is 11.9 Å². The van der Waals surface area contributed by atoms with Crippen LogP contribution in [-0.4, -0.2) is 32.3 Å². The van der Waals surface area contributed by atoms with Gasteiger partial charge in [-0.3, -0.25) is 0 Å². The molecule has 0 aliphatic rings. The Hall–Kier alpha value is -2.96. The largest absolute Gasteiger partial charge is 0.338 e. The van der Waals surface area contributed by atoms with Gasteiger partial charge in [-0.2, -0.15) is 10.2 Å². The van der Waals surface area contributed by atoms with E-state index in [1.54, 1.807) is 0 Å². The van der Waals surface area contributed by atoms with Crippen LogP contribution in [0.2, 0.25) is 0 Å². The minimum Gasteiger partial charge on any atom is -0.338 e. The quantitative estimate of drug-likeness (QED) is 0.677. The lowest BCUT2D eigenvalue weighted by atomic mass is 10.2. The fourth-order valence-electron chi connectivity index (χ4n) is 2.75. The number of nitrogens with one attached hydrogen (secondary N) is 2. The molecule has 2 N–H and O–H groups in total. The molecule has 0 radical (unpaired) electrons. The Kier molecular flexibility index (Phi) is 5.23. The van der Waals surface area contributed by atoms with Gasteiger partial charge in [-0.1, -0.05) is 13.0 Å². The number of nitrogens with zero attached hydrogens (tertiary/aromatic N) is 4. The zero-order chi connectivity index (χ0) is 17.6. The number of hydrogen-bond acceptors (Lipinski definition) is 4. The van der Waals surface area contributed by atoms with E-state index >= 15 is 0 Å². The molecule has 2 heterocycles. The number of imidazole rings is 1. The summed E-state index contributed by atoms with van der Waals surface area (Å²) in [5, 5.41) is 14.8. The van der Waals surface area contributed by atoms with Crippen molar-refractivity contribution in [1.29, 1.82) is 0 Å². The van der Waals surface area contributed by atoms with Crippen LogP contribution in [0.15, 0.2) is 36.7 Å². The molecule has 2 aromatic heterocycles. The van der Waals surface area contributed by atoms with Crippen LogP contribution in [0.25, 0.3) is 10.9 Å². The highest BCUT2D eigenvalue weighted by molar-refractivity contribution is 6.00. The summed E-state index contributed by atoms with van der Waals surface area (Å²) < 4.78 is 2.12. The van der Waals surface area contributed by atoms with E-state index in [1.165, 1.54) is 0 Å². The van der Waals surface area contributed by atoms with Crippen LogP contribution in [0.1, 0.15) is 24.9 Å². The molecule has 0 bridgehead atoms. The lowest BCUT2D eigenvalue weighted by Crippen LogP contribution is -2.30. The van der Waals surface area contributed by atoms with Gasteiger partial charge in [0.15, 0.2) is 0 Å². The molecular weight excluding hydrogens is 316 g/mol. The second-order valence-electron chi connectivity index (χ2n) is 5.85. The van der Waals surface area contributed by atoms with E-state index in [9.17, 15) is 4.79 Å². The number of aromatic nitrogens is 4. The Bertz CT molecular complexity index is 873. The van der Waals surface area contributed by atoms with Crippen LogP contribution in [0.5, 0.6) is 0 Å². The lowest BCUT2D eigenvalue weighted by Gasteiger charge is -2.11. The summed E-state index contributed by atoms with van der Waals surface area (Å²) in [6, 6.07) is 7.29. The number of fused-ring (bicyclic) bond motifs is 1. The van der Waals surface area contributed by atoms with Crippen molar-refractivity contribution >= 4 is 22.6 Å². The number of carbonyl (C=O) groups excluding carboxylic acids is 1. The van der Waals surface area contributed by atoms with Gasteiger partial charge in [0.05, 0.1) is 16.9 Å². The predicted octanol–water partition coefficient (Wildman–Crippen LogP) is 2.91. The monoisotopic (exact) mass is 338 g/mol.